The third-order valence-corrected chi connectivity index (χ3v) is 2.24. The molecule has 1 fully saturated rings. The molecule has 1 N–H and O–H groups in total. The molecule has 1 rings (SSSR count). The molecule has 0 amide bonds. The molecule has 16 heavy (non-hydrogen) atoms. The Morgan fingerprint density at radius 3 is 2.75 bits per heavy atom. The SMILES string of the molecule is C=C(C(=O)O)C1CC(C(=O)OCC)OC1=O. The van der Waals surface area contributed by atoms with Crippen LogP contribution in [0, 0.1) is 5.92 Å². The molecule has 1 aliphatic heterocycles. The molecule has 0 bridgehead atoms. The highest BCUT2D eigenvalue weighted by Crippen LogP contribution is 2.27. The summed E-state index contributed by atoms with van der Waals surface area (Å²) in [5, 5.41) is 8.66. The summed E-state index contributed by atoms with van der Waals surface area (Å²) in [5.74, 6) is -3.64. The maximum absolute atomic E-state index is 11.3. The number of hydrogen-bond acceptors (Lipinski definition) is 5. The molecule has 0 aliphatic carbocycles. The monoisotopic (exact) mass is 228 g/mol. The Kier molecular flexibility index (Phi) is 3.65. The van der Waals surface area contributed by atoms with Gasteiger partial charge < -0.3 is 14.6 Å². The molecule has 0 radical (unpaired) electrons. The molecule has 88 valence electrons. The molecule has 1 saturated heterocycles. The summed E-state index contributed by atoms with van der Waals surface area (Å²) < 4.78 is 9.39. The van der Waals surface area contributed by atoms with Gasteiger partial charge in [-0.05, 0) is 6.92 Å². The number of esters is 2. The molecule has 1 heterocycles. The minimum Gasteiger partial charge on any atom is -0.478 e. The van der Waals surface area contributed by atoms with E-state index in [4.69, 9.17) is 9.84 Å². The van der Waals surface area contributed by atoms with Crippen molar-refractivity contribution in [3.05, 3.63) is 12.2 Å². The molecule has 0 saturated carbocycles. The van der Waals surface area contributed by atoms with Crippen molar-refractivity contribution < 1.29 is 29.0 Å². The fraction of sp³-hybridized carbons (Fsp3) is 0.500. The second-order valence-corrected chi connectivity index (χ2v) is 3.30. The Morgan fingerprint density at radius 2 is 2.25 bits per heavy atom. The van der Waals surface area contributed by atoms with Gasteiger partial charge in [-0.3, -0.25) is 4.79 Å². The zero-order valence-corrected chi connectivity index (χ0v) is 8.76. The number of ether oxygens (including phenoxy) is 2. The maximum atomic E-state index is 11.3. The number of rotatable bonds is 4. The van der Waals surface area contributed by atoms with Gasteiger partial charge in [0.15, 0.2) is 6.10 Å². The largest absolute Gasteiger partial charge is 0.478 e. The van der Waals surface area contributed by atoms with Gasteiger partial charge in [-0.25, -0.2) is 9.59 Å². The zero-order chi connectivity index (χ0) is 12.3. The summed E-state index contributed by atoms with van der Waals surface area (Å²) in [5.41, 5.74) is -0.267. The predicted molar refractivity (Wildman–Crippen MR) is 51.4 cm³/mol. The first-order valence-electron chi connectivity index (χ1n) is 4.76. The van der Waals surface area contributed by atoms with Gasteiger partial charge in [0.05, 0.1) is 12.5 Å². The summed E-state index contributed by atoms with van der Waals surface area (Å²) >= 11 is 0. The fourth-order valence-corrected chi connectivity index (χ4v) is 1.39. The van der Waals surface area contributed by atoms with E-state index in [2.05, 4.69) is 11.3 Å². The Hall–Kier alpha value is -1.85. The highest BCUT2D eigenvalue weighted by molar-refractivity contribution is 5.96. The zero-order valence-electron chi connectivity index (χ0n) is 8.76. The molecular formula is C10H12O6. The number of carboxylic acids is 1. The van der Waals surface area contributed by atoms with Gasteiger partial charge in [-0.2, -0.15) is 0 Å². The van der Waals surface area contributed by atoms with Crippen molar-refractivity contribution in [2.24, 2.45) is 5.92 Å². The van der Waals surface area contributed by atoms with Gasteiger partial charge in [0.1, 0.15) is 0 Å². The van der Waals surface area contributed by atoms with Crippen molar-refractivity contribution in [2.75, 3.05) is 6.61 Å². The third kappa shape index (κ3) is 2.39. The van der Waals surface area contributed by atoms with Crippen molar-refractivity contribution in [1.82, 2.24) is 0 Å². The number of carbonyl (C=O) groups excluding carboxylic acids is 2. The topological polar surface area (TPSA) is 89.9 Å². The fourth-order valence-electron chi connectivity index (χ4n) is 1.39. The second-order valence-electron chi connectivity index (χ2n) is 3.30. The van der Waals surface area contributed by atoms with Crippen molar-refractivity contribution >= 4 is 17.9 Å². The van der Waals surface area contributed by atoms with Crippen LogP contribution < -0.4 is 0 Å². The van der Waals surface area contributed by atoms with E-state index >= 15 is 0 Å². The van der Waals surface area contributed by atoms with Crippen LogP contribution in [-0.2, 0) is 23.9 Å². The van der Waals surface area contributed by atoms with Crippen molar-refractivity contribution in [3.8, 4) is 0 Å². The van der Waals surface area contributed by atoms with Crippen molar-refractivity contribution in [2.45, 2.75) is 19.4 Å². The molecule has 6 nitrogen and oxygen atoms in total. The van der Waals surface area contributed by atoms with Crippen LogP contribution in [0.5, 0.6) is 0 Å². The molecule has 2 unspecified atom stereocenters. The normalized spacial score (nSPS) is 23.7. The average molecular weight is 228 g/mol. The minimum absolute atomic E-state index is 0.0250. The molecule has 1 aliphatic rings. The first-order valence-corrected chi connectivity index (χ1v) is 4.76. The number of carbonyl (C=O) groups is 3. The standard InChI is InChI=1S/C10H12O6/c1-3-15-10(14)7-4-6(9(13)16-7)5(2)8(11)12/h6-7H,2-4H2,1H3,(H,11,12). The van der Waals surface area contributed by atoms with Crippen LogP contribution >= 0.6 is 0 Å². The van der Waals surface area contributed by atoms with Crippen LogP contribution in [0.3, 0.4) is 0 Å². The smallest absolute Gasteiger partial charge is 0.347 e. The summed E-state index contributed by atoms with van der Waals surface area (Å²) in [4.78, 5) is 33.1. The van der Waals surface area contributed by atoms with E-state index in [0.29, 0.717) is 0 Å². The Labute approximate surface area is 91.8 Å². The highest BCUT2D eigenvalue weighted by Gasteiger charge is 2.42. The summed E-state index contributed by atoms with van der Waals surface area (Å²) in [6.45, 7) is 5.08. The number of cyclic esters (lactones) is 1. The van der Waals surface area contributed by atoms with E-state index in [9.17, 15) is 14.4 Å². The first-order chi connectivity index (χ1) is 7.47. The van der Waals surface area contributed by atoms with Crippen LogP contribution in [-0.4, -0.2) is 35.7 Å². The molecular weight excluding hydrogens is 216 g/mol. The lowest BCUT2D eigenvalue weighted by Gasteiger charge is -2.06. The van der Waals surface area contributed by atoms with Crippen LogP contribution in [0.1, 0.15) is 13.3 Å². The van der Waals surface area contributed by atoms with Crippen LogP contribution in [0.15, 0.2) is 12.2 Å². The van der Waals surface area contributed by atoms with Gasteiger partial charge in [0.2, 0.25) is 0 Å². The Bertz CT molecular complexity index is 345. The first kappa shape index (κ1) is 12.2. The second kappa shape index (κ2) is 4.78. The van der Waals surface area contributed by atoms with Gasteiger partial charge in [-0.15, -0.1) is 0 Å². The molecule has 0 aromatic carbocycles. The van der Waals surface area contributed by atoms with Gasteiger partial charge >= 0.3 is 17.9 Å². The minimum atomic E-state index is -1.27. The lowest BCUT2D eigenvalue weighted by molar-refractivity contribution is -0.161. The molecule has 0 aromatic rings. The van der Waals surface area contributed by atoms with Crippen LogP contribution in [0.4, 0.5) is 0 Å². The Morgan fingerprint density at radius 1 is 1.62 bits per heavy atom. The van der Waals surface area contributed by atoms with Crippen LogP contribution in [0.25, 0.3) is 0 Å². The molecule has 0 aromatic heterocycles. The predicted octanol–water partition coefficient (Wildman–Crippen LogP) is 0.122. The maximum Gasteiger partial charge on any atom is 0.347 e. The lowest BCUT2D eigenvalue weighted by atomic mass is 9.97. The third-order valence-electron chi connectivity index (χ3n) is 2.24. The quantitative estimate of drug-likeness (QED) is 0.543. The number of aliphatic carboxylic acids is 1. The van der Waals surface area contributed by atoms with E-state index in [1.807, 2.05) is 0 Å². The summed E-state index contributed by atoms with van der Waals surface area (Å²) in [6.07, 6.45) is -1.04. The summed E-state index contributed by atoms with van der Waals surface area (Å²) in [6, 6.07) is 0. The number of hydrogen-bond donors (Lipinski definition) is 1. The van der Waals surface area contributed by atoms with E-state index in [1.54, 1.807) is 6.92 Å². The van der Waals surface area contributed by atoms with E-state index < -0.39 is 29.9 Å². The van der Waals surface area contributed by atoms with Gasteiger partial charge in [0.25, 0.3) is 0 Å². The van der Waals surface area contributed by atoms with Gasteiger partial charge in [0, 0.05) is 12.0 Å². The highest BCUT2D eigenvalue weighted by atomic mass is 16.6. The molecule has 0 spiro atoms. The number of carboxylic acid groups (broad SMARTS) is 1. The average Bonchev–Trinajstić information content (AvgIpc) is 2.59. The summed E-state index contributed by atoms with van der Waals surface area (Å²) in [7, 11) is 0. The van der Waals surface area contributed by atoms with Crippen LogP contribution in [0.2, 0.25) is 0 Å². The van der Waals surface area contributed by atoms with E-state index in [1.165, 1.54) is 0 Å². The van der Waals surface area contributed by atoms with Crippen molar-refractivity contribution in [1.29, 1.82) is 0 Å². The van der Waals surface area contributed by atoms with E-state index in [-0.39, 0.29) is 18.6 Å². The molecule has 2 atom stereocenters. The molecule has 6 heteroatoms. The lowest BCUT2D eigenvalue weighted by Crippen LogP contribution is -2.22. The Balaban J connectivity index is 2.67. The van der Waals surface area contributed by atoms with E-state index in [0.717, 1.165) is 0 Å². The van der Waals surface area contributed by atoms with Gasteiger partial charge in [-0.1, -0.05) is 6.58 Å². The van der Waals surface area contributed by atoms with Crippen molar-refractivity contribution in [3.63, 3.8) is 0 Å².